The molecule has 0 radical (unpaired) electrons. The van der Waals surface area contributed by atoms with Gasteiger partial charge in [-0.1, -0.05) is 25.6 Å². The standard InChI is InChI=1S/C16H18S3/c1-3-11-9-13(5-7-15(11)17)19-14-6-8-16(18)12(4-2)10-14/h5-10,17-18H,3-4H2,1-2H3. The van der Waals surface area contributed by atoms with Crippen molar-refractivity contribution in [1.82, 2.24) is 0 Å². The molecule has 3 heteroatoms. The van der Waals surface area contributed by atoms with Crippen LogP contribution in [0.5, 0.6) is 0 Å². The van der Waals surface area contributed by atoms with Crippen LogP contribution in [0.25, 0.3) is 0 Å². The van der Waals surface area contributed by atoms with E-state index in [1.54, 1.807) is 11.8 Å². The molecule has 0 aliphatic heterocycles. The van der Waals surface area contributed by atoms with E-state index < -0.39 is 0 Å². The van der Waals surface area contributed by atoms with Crippen molar-refractivity contribution in [3.63, 3.8) is 0 Å². The predicted molar refractivity (Wildman–Crippen MR) is 90.3 cm³/mol. The number of aryl methyl sites for hydroxylation is 2. The van der Waals surface area contributed by atoms with Gasteiger partial charge in [-0.05, 0) is 60.4 Å². The molecule has 19 heavy (non-hydrogen) atoms. The SMILES string of the molecule is CCc1cc(Sc2ccc(S)c(CC)c2)ccc1S. The van der Waals surface area contributed by atoms with Crippen LogP contribution >= 0.6 is 37.0 Å². The van der Waals surface area contributed by atoms with Crippen LogP contribution in [0.2, 0.25) is 0 Å². The largest absolute Gasteiger partial charge is 0.143 e. The summed E-state index contributed by atoms with van der Waals surface area (Å²) in [5, 5.41) is 0. The van der Waals surface area contributed by atoms with Crippen molar-refractivity contribution in [1.29, 1.82) is 0 Å². The molecule has 0 spiro atoms. The molecule has 2 rings (SSSR count). The van der Waals surface area contributed by atoms with E-state index in [1.165, 1.54) is 20.9 Å². The monoisotopic (exact) mass is 306 g/mol. The van der Waals surface area contributed by atoms with Crippen molar-refractivity contribution >= 4 is 37.0 Å². The Kier molecular flexibility index (Phi) is 5.31. The Balaban J connectivity index is 2.25. The maximum Gasteiger partial charge on any atom is 0.0125 e. The highest BCUT2D eigenvalue weighted by molar-refractivity contribution is 7.99. The molecule has 0 amide bonds. The first kappa shape index (κ1) is 14.9. The van der Waals surface area contributed by atoms with Gasteiger partial charge in [0.25, 0.3) is 0 Å². The van der Waals surface area contributed by atoms with E-state index in [4.69, 9.17) is 0 Å². The Morgan fingerprint density at radius 1 is 0.789 bits per heavy atom. The first-order valence-electron chi connectivity index (χ1n) is 6.45. The summed E-state index contributed by atoms with van der Waals surface area (Å²) in [6, 6.07) is 12.9. The van der Waals surface area contributed by atoms with Crippen molar-refractivity contribution < 1.29 is 0 Å². The summed E-state index contributed by atoms with van der Waals surface area (Å²) >= 11 is 10.8. The fourth-order valence-electron chi connectivity index (χ4n) is 1.95. The molecular weight excluding hydrogens is 288 g/mol. The van der Waals surface area contributed by atoms with Gasteiger partial charge in [-0.15, -0.1) is 25.3 Å². The fourth-order valence-corrected chi connectivity index (χ4v) is 3.49. The number of rotatable bonds is 4. The van der Waals surface area contributed by atoms with Crippen LogP contribution < -0.4 is 0 Å². The third kappa shape index (κ3) is 3.74. The zero-order chi connectivity index (χ0) is 13.8. The zero-order valence-corrected chi connectivity index (χ0v) is 13.8. The molecule has 0 atom stereocenters. The lowest BCUT2D eigenvalue weighted by Crippen LogP contribution is -1.86. The minimum Gasteiger partial charge on any atom is -0.143 e. The molecule has 0 bridgehead atoms. The molecule has 0 nitrogen and oxygen atoms in total. The lowest BCUT2D eigenvalue weighted by Gasteiger charge is -2.08. The van der Waals surface area contributed by atoms with Gasteiger partial charge in [0.15, 0.2) is 0 Å². The molecular formula is C16H18S3. The van der Waals surface area contributed by atoms with Gasteiger partial charge < -0.3 is 0 Å². The van der Waals surface area contributed by atoms with E-state index in [2.05, 4.69) is 75.5 Å². The highest BCUT2D eigenvalue weighted by Gasteiger charge is 2.04. The fraction of sp³-hybridized carbons (Fsp3) is 0.250. The number of thiol groups is 2. The molecule has 0 heterocycles. The minimum atomic E-state index is 1.02. The van der Waals surface area contributed by atoms with E-state index in [9.17, 15) is 0 Å². The topological polar surface area (TPSA) is 0 Å². The molecule has 0 unspecified atom stereocenters. The molecule has 0 fully saturated rings. The van der Waals surface area contributed by atoms with Crippen LogP contribution in [0.1, 0.15) is 25.0 Å². The molecule has 2 aromatic carbocycles. The highest BCUT2D eigenvalue weighted by atomic mass is 32.2. The first-order chi connectivity index (χ1) is 9.13. The van der Waals surface area contributed by atoms with Crippen molar-refractivity contribution in [2.75, 3.05) is 0 Å². The summed E-state index contributed by atoms with van der Waals surface area (Å²) in [5.74, 6) is 0. The summed E-state index contributed by atoms with van der Waals surface area (Å²) < 4.78 is 0. The molecule has 0 N–H and O–H groups in total. The maximum atomic E-state index is 4.48. The van der Waals surface area contributed by atoms with Crippen LogP contribution in [0, 0.1) is 0 Å². The summed E-state index contributed by atoms with van der Waals surface area (Å²) in [5.41, 5.74) is 2.60. The van der Waals surface area contributed by atoms with Crippen LogP contribution in [0.15, 0.2) is 56.0 Å². The average molecular weight is 307 g/mol. The quantitative estimate of drug-likeness (QED) is 0.699. The van der Waals surface area contributed by atoms with Crippen molar-refractivity contribution in [3.05, 3.63) is 47.5 Å². The smallest absolute Gasteiger partial charge is 0.0125 e. The van der Waals surface area contributed by atoms with E-state index in [-0.39, 0.29) is 0 Å². The van der Waals surface area contributed by atoms with Crippen molar-refractivity contribution in [3.8, 4) is 0 Å². The zero-order valence-electron chi connectivity index (χ0n) is 11.2. The summed E-state index contributed by atoms with van der Waals surface area (Å²) in [7, 11) is 0. The summed E-state index contributed by atoms with van der Waals surface area (Å²) in [6.07, 6.45) is 2.03. The maximum absolute atomic E-state index is 4.48. The number of hydrogen-bond donors (Lipinski definition) is 2. The molecule has 2 aromatic rings. The van der Waals surface area contributed by atoms with Gasteiger partial charge >= 0.3 is 0 Å². The van der Waals surface area contributed by atoms with Gasteiger partial charge in [0.2, 0.25) is 0 Å². The summed E-state index contributed by atoms with van der Waals surface area (Å²) in [6.45, 7) is 4.32. The molecule has 0 saturated heterocycles. The Morgan fingerprint density at radius 3 is 1.58 bits per heavy atom. The van der Waals surface area contributed by atoms with Crippen LogP contribution in [0.3, 0.4) is 0 Å². The predicted octanol–water partition coefficient (Wildman–Crippen LogP) is 5.54. The van der Waals surface area contributed by atoms with Gasteiger partial charge in [-0.3, -0.25) is 0 Å². The summed E-state index contributed by atoms with van der Waals surface area (Å²) in [4.78, 5) is 4.69. The molecule has 0 aliphatic rings. The Labute approximate surface area is 130 Å². The van der Waals surface area contributed by atoms with E-state index in [0.717, 1.165) is 22.6 Å². The van der Waals surface area contributed by atoms with Gasteiger partial charge in [-0.2, -0.15) is 0 Å². The lowest BCUT2D eigenvalue weighted by atomic mass is 10.2. The lowest BCUT2D eigenvalue weighted by molar-refractivity contribution is 1.06. The molecule has 0 aromatic heterocycles. The third-order valence-corrected chi connectivity index (χ3v) is 4.95. The minimum absolute atomic E-state index is 1.02. The second-order valence-electron chi connectivity index (χ2n) is 4.39. The van der Waals surface area contributed by atoms with Gasteiger partial charge in [0, 0.05) is 19.6 Å². The molecule has 0 saturated carbocycles. The Bertz CT molecular complexity index is 525. The highest BCUT2D eigenvalue weighted by Crippen LogP contribution is 2.32. The van der Waals surface area contributed by atoms with E-state index >= 15 is 0 Å². The van der Waals surface area contributed by atoms with Crippen LogP contribution in [0.4, 0.5) is 0 Å². The van der Waals surface area contributed by atoms with Crippen LogP contribution in [-0.2, 0) is 12.8 Å². The average Bonchev–Trinajstić information content (AvgIpc) is 2.43. The van der Waals surface area contributed by atoms with E-state index in [1.807, 2.05) is 0 Å². The van der Waals surface area contributed by atoms with Crippen LogP contribution in [-0.4, -0.2) is 0 Å². The first-order valence-corrected chi connectivity index (χ1v) is 8.16. The van der Waals surface area contributed by atoms with E-state index in [0.29, 0.717) is 0 Å². The van der Waals surface area contributed by atoms with Crippen molar-refractivity contribution in [2.45, 2.75) is 46.3 Å². The Morgan fingerprint density at radius 2 is 1.21 bits per heavy atom. The Hall–Kier alpha value is -0.510. The van der Waals surface area contributed by atoms with Gasteiger partial charge in [-0.25, -0.2) is 0 Å². The third-order valence-electron chi connectivity index (χ3n) is 3.10. The normalized spacial score (nSPS) is 10.7. The van der Waals surface area contributed by atoms with Gasteiger partial charge in [0.05, 0.1) is 0 Å². The number of hydrogen-bond acceptors (Lipinski definition) is 3. The number of benzene rings is 2. The molecule has 100 valence electrons. The van der Waals surface area contributed by atoms with Crippen molar-refractivity contribution in [2.24, 2.45) is 0 Å². The second kappa shape index (κ2) is 6.78. The molecule has 0 aliphatic carbocycles. The second-order valence-corrected chi connectivity index (χ2v) is 6.50. The van der Waals surface area contributed by atoms with Gasteiger partial charge in [0.1, 0.15) is 0 Å².